The zero-order valence-electron chi connectivity index (χ0n) is 11.7. The molecule has 6 heteroatoms. The highest BCUT2D eigenvalue weighted by Crippen LogP contribution is 2.26. The minimum atomic E-state index is -0.169. The van der Waals surface area contributed by atoms with Gasteiger partial charge in [0, 0.05) is 6.54 Å². The van der Waals surface area contributed by atoms with Gasteiger partial charge in [0.1, 0.15) is 12.1 Å². The summed E-state index contributed by atoms with van der Waals surface area (Å²) in [6, 6.07) is 3.60. The molecule has 0 saturated heterocycles. The van der Waals surface area contributed by atoms with Gasteiger partial charge in [-0.3, -0.25) is 0 Å². The molecule has 0 atom stereocenters. The van der Waals surface area contributed by atoms with Crippen molar-refractivity contribution < 1.29 is 9.13 Å². The number of nitrogens with zero attached hydrogens (tertiary/aromatic N) is 2. The Balaban J connectivity index is 2.19. The van der Waals surface area contributed by atoms with E-state index in [0.717, 1.165) is 5.56 Å². The van der Waals surface area contributed by atoms with Crippen LogP contribution in [-0.4, -0.2) is 17.1 Å². The van der Waals surface area contributed by atoms with Gasteiger partial charge in [0.2, 0.25) is 5.75 Å². The SMILES string of the molecule is COc1c(N)ncnc1NCc1cc(C)c(F)c(C)c1. The molecule has 3 N–H and O–H groups in total. The number of nitrogen functional groups attached to an aromatic ring is 1. The smallest absolute Gasteiger partial charge is 0.203 e. The quantitative estimate of drug-likeness (QED) is 0.897. The van der Waals surface area contributed by atoms with Crippen molar-refractivity contribution in [1.82, 2.24) is 9.97 Å². The highest BCUT2D eigenvalue weighted by Gasteiger charge is 2.10. The Bertz CT molecular complexity index is 608. The molecule has 0 amide bonds. The van der Waals surface area contributed by atoms with Crippen molar-refractivity contribution in [2.45, 2.75) is 20.4 Å². The topological polar surface area (TPSA) is 73.1 Å². The molecule has 0 aliphatic carbocycles. The van der Waals surface area contributed by atoms with Crippen molar-refractivity contribution in [1.29, 1.82) is 0 Å². The second-order valence-electron chi connectivity index (χ2n) is 4.54. The fourth-order valence-electron chi connectivity index (χ4n) is 2.04. The summed E-state index contributed by atoms with van der Waals surface area (Å²) in [4.78, 5) is 7.94. The molecule has 0 bridgehead atoms. The lowest BCUT2D eigenvalue weighted by Crippen LogP contribution is -2.07. The van der Waals surface area contributed by atoms with Crippen LogP contribution in [0.15, 0.2) is 18.5 Å². The number of nitrogens with two attached hydrogens (primary N) is 1. The van der Waals surface area contributed by atoms with Crippen LogP contribution in [0.3, 0.4) is 0 Å². The largest absolute Gasteiger partial charge is 0.490 e. The van der Waals surface area contributed by atoms with Crippen molar-refractivity contribution in [2.75, 3.05) is 18.2 Å². The van der Waals surface area contributed by atoms with Crippen LogP contribution in [0.1, 0.15) is 16.7 Å². The number of ether oxygens (including phenoxy) is 1. The first-order valence-corrected chi connectivity index (χ1v) is 6.17. The standard InChI is InChI=1S/C14H17FN4O/c1-8-4-10(5-9(2)11(8)15)6-17-14-12(20-3)13(16)18-7-19-14/h4-5,7H,6H2,1-3H3,(H3,16,17,18,19). The molecule has 2 aromatic rings. The van der Waals surface area contributed by atoms with Crippen molar-refractivity contribution in [2.24, 2.45) is 0 Å². The van der Waals surface area contributed by atoms with Crippen molar-refractivity contribution >= 4 is 11.6 Å². The zero-order chi connectivity index (χ0) is 14.7. The van der Waals surface area contributed by atoms with Crippen molar-refractivity contribution in [3.63, 3.8) is 0 Å². The van der Waals surface area contributed by atoms with Gasteiger partial charge in [0.15, 0.2) is 11.6 Å². The van der Waals surface area contributed by atoms with E-state index in [0.29, 0.717) is 29.2 Å². The Morgan fingerprint density at radius 1 is 1.25 bits per heavy atom. The molecule has 0 spiro atoms. The van der Waals surface area contributed by atoms with Crippen LogP contribution in [0.4, 0.5) is 16.0 Å². The molecule has 0 saturated carbocycles. The maximum Gasteiger partial charge on any atom is 0.203 e. The number of aryl methyl sites for hydroxylation is 2. The van der Waals surface area contributed by atoms with E-state index in [4.69, 9.17) is 10.5 Å². The van der Waals surface area contributed by atoms with Crippen LogP contribution in [-0.2, 0) is 6.54 Å². The molecule has 0 aliphatic heterocycles. The van der Waals surface area contributed by atoms with Crippen LogP contribution in [0, 0.1) is 19.7 Å². The van der Waals surface area contributed by atoms with E-state index in [9.17, 15) is 4.39 Å². The molecule has 1 aromatic heterocycles. The Hall–Kier alpha value is -2.37. The first kappa shape index (κ1) is 14.0. The third-order valence-corrected chi connectivity index (χ3v) is 2.99. The highest BCUT2D eigenvalue weighted by molar-refractivity contribution is 5.61. The Labute approximate surface area is 117 Å². The number of halogens is 1. The van der Waals surface area contributed by atoms with Gasteiger partial charge in [-0.25, -0.2) is 14.4 Å². The zero-order valence-corrected chi connectivity index (χ0v) is 11.7. The Kier molecular flexibility index (Phi) is 4.02. The van der Waals surface area contributed by atoms with Gasteiger partial charge in [-0.05, 0) is 30.5 Å². The van der Waals surface area contributed by atoms with Crippen LogP contribution in [0.25, 0.3) is 0 Å². The van der Waals surface area contributed by atoms with E-state index in [1.54, 1.807) is 26.0 Å². The summed E-state index contributed by atoms with van der Waals surface area (Å²) >= 11 is 0. The van der Waals surface area contributed by atoms with Crippen LogP contribution in [0.5, 0.6) is 5.75 Å². The number of hydrogen-bond donors (Lipinski definition) is 2. The molecule has 1 aromatic carbocycles. The number of aromatic nitrogens is 2. The number of anilines is 2. The van der Waals surface area contributed by atoms with Gasteiger partial charge in [-0.15, -0.1) is 0 Å². The maximum atomic E-state index is 13.6. The average molecular weight is 276 g/mol. The minimum absolute atomic E-state index is 0.169. The lowest BCUT2D eigenvalue weighted by atomic mass is 10.1. The molecular formula is C14H17FN4O. The van der Waals surface area contributed by atoms with Crippen LogP contribution >= 0.6 is 0 Å². The molecule has 0 radical (unpaired) electrons. The Morgan fingerprint density at radius 2 is 1.90 bits per heavy atom. The average Bonchev–Trinajstić information content (AvgIpc) is 2.42. The monoisotopic (exact) mass is 276 g/mol. The Morgan fingerprint density at radius 3 is 2.50 bits per heavy atom. The molecule has 0 unspecified atom stereocenters. The molecule has 5 nitrogen and oxygen atoms in total. The summed E-state index contributed by atoms with van der Waals surface area (Å²) < 4.78 is 18.7. The number of benzene rings is 1. The third kappa shape index (κ3) is 2.79. The molecule has 0 fully saturated rings. The predicted molar refractivity (Wildman–Crippen MR) is 76.2 cm³/mol. The lowest BCUT2D eigenvalue weighted by molar-refractivity contribution is 0.415. The van der Waals surface area contributed by atoms with E-state index in [1.165, 1.54) is 13.4 Å². The molecule has 2 rings (SSSR count). The summed E-state index contributed by atoms with van der Waals surface area (Å²) in [6.07, 6.45) is 1.36. The van der Waals surface area contributed by atoms with Gasteiger partial charge in [0.05, 0.1) is 7.11 Å². The number of methoxy groups -OCH3 is 1. The van der Waals surface area contributed by atoms with Gasteiger partial charge in [-0.2, -0.15) is 0 Å². The number of hydrogen-bond acceptors (Lipinski definition) is 5. The normalized spacial score (nSPS) is 10.4. The van der Waals surface area contributed by atoms with E-state index in [1.807, 2.05) is 0 Å². The molecule has 1 heterocycles. The van der Waals surface area contributed by atoms with Crippen LogP contribution in [0.2, 0.25) is 0 Å². The molecule has 0 aliphatic rings. The molecular weight excluding hydrogens is 259 g/mol. The van der Waals surface area contributed by atoms with Gasteiger partial charge < -0.3 is 15.8 Å². The first-order chi connectivity index (χ1) is 9.52. The highest BCUT2D eigenvalue weighted by atomic mass is 19.1. The summed E-state index contributed by atoms with van der Waals surface area (Å²) in [5.74, 6) is 1.02. The summed E-state index contributed by atoms with van der Waals surface area (Å²) in [5, 5.41) is 3.12. The van der Waals surface area contributed by atoms with E-state index in [-0.39, 0.29) is 11.6 Å². The van der Waals surface area contributed by atoms with Gasteiger partial charge in [-0.1, -0.05) is 12.1 Å². The lowest BCUT2D eigenvalue weighted by Gasteiger charge is -2.12. The molecule has 20 heavy (non-hydrogen) atoms. The van der Waals surface area contributed by atoms with Crippen molar-refractivity contribution in [3.8, 4) is 5.75 Å². The first-order valence-electron chi connectivity index (χ1n) is 6.17. The minimum Gasteiger partial charge on any atom is -0.490 e. The third-order valence-electron chi connectivity index (χ3n) is 2.99. The van der Waals surface area contributed by atoms with E-state index in [2.05, 4.69) is 15.3 Å². The second kappa shape index (κ2) is 5.73. The van der Waals surface area contributed by atoms with Gasteiger partial charge in [0.25, 0.3) is 0 Å². The number of rotatable bonds is 4. The fraction of sp³-hybridized carbons (Fsp3) is 0.286. The van der Waals surface area contributed by atoms with E-state index < -0.39 is 0 Å². The summed E-state index contributed by atoms with van der Waals surface area (Å²) in [6.45, 7) is 3.99. The summed E-state index contributed by atoms with van der Waals surface area (Å²) in [7, 11) is 1.51. The number of nitrogens with one attached hydrogen (secondary N) is 1. The van der Waals surface area contributed by atoms with Crippen LogP contribution < -0.4 is 15.8 Å². The van der Waals surface area contributed by atoms with E-state index >= 15 is 0 Å². The second-order valence-corrected chi connectivity index (χ2v) is 4.54. The molecule has 106 valence electrons. The predicted octanol–water partition coefficient (Wildman–Crippen LogP) is 2.44. The maximum absolute atomic E-state index is 13.6. The van der Waals surface area contributed by atoms with Crippen molar-refractivity contribution in [3.05, 3.63) is 41.0 Å². The summed E-state index contributed by atoms with van der Waals surface area (Å²) in [5.41, 5.74) is 7.90. The fourth-order valence-corrected chi connectivity index (χ4v) is 2.04. The van der Waals surface area contributed by atoms with Gasteiger partial charge >= 0.3 is 0 Å².